The molecule has 7 heteroatoms. The lowest BCUT2D eigenvalue weighted by Gasteiger charge is -2.18. The van der Waals surface area contributed by atoms with Gasteiger partial charge in [0.05, 0.1) is 13.2 Å². The predicted octanol–water partition coefficient (Wildman–Crippen LogP) is 0.790. The molecule has 0 saturated carbocycles. The molecule has 2 aliphatic rings. The molecule has 2 saturated heterocycles. The molecule has 0 spiro atoms. The molecule has 2 aliphatic heterocycles. The van der Waals surface area contributed by atoms with Crippen molar-refractivity contribution in [3.63, 3.8) is 0 Å². The Morgan fingerprint density at radius 2 is 1.89 bits per heavy atom. The van der Waals surface area contributed by atoms with Crippen LogP contribution in [0.2, 0.25) is 0 Å². The normalized spacial score (nSPS) is 28.5. The molecule has 3 atom stereocenters. The van der Waals surface area contributed by atoms with Crippen LogP contribution >= 0.6 is 12.4 Å². The van der Waals surface area contributed by atoms with E-state index in [9.17, 15) is 9.59 Å². The van der Waals surface area contributed by atoms with Gasteiger partial charge in [-0.3, -0.25) is 10.1 Å². The molecular weight excluding hydrogens is 272 g/mol. The third-order valence-corrected chi connectivity index (χ3v) is 3.49. The average molecular weight is 293 g/mol. The van der Waals surface area contributed by atoms with E-state index in [0.29, 0.717) is 32.2 Å². The highest BCUT2D eigenvalue weighted by molar-refractivity contribution is 5.85. The van der Waals surface area contributed by atoms with Crippen LogP contribution in [0.4, 0.5) is 4.79 Å². The first-order valence-corrected chi connectivity index (χ1v) is 6.50. The third kappa shape index (κ3) is 3.51. The minimum atomic E-state index is -0.263. The molecule has 0 radical (unpaired) electrons. The van der Waals surface area contributed by atoms with Gasteiger partial charge in [0.1, 0.15) is 6.04 Å². The maximum atomic E-state index is 11.6. The quantitative estimate of drug-likeness (QED) is 0.779. The monoisotopic (exact) mass is 292 g/mol. The van der Waals surface area contributed by atoms with E-state index in [4.69, 9.17) is 9.47 Å². The second-order valence-corrected chi connectivity index (χ2v) is 4.68. The molecule has 2 fully saturated rings. The van der Waals surface area contributed by atoms with Gasteiger partial charge in [-0.15, -0.1) is 12.4 Å². The Bertz CT molecular complexity index is 296. The van der Waals surface area contributed by atoms with Crippen molar-refractivity contribution >= 4 is 24.5 Å². The van der Waals surface area contributed by atoms with E-state index in [1.165, 1.54) is 0 Å². The van der Waals surface area contributed by atoms with Crippen molar-refractivity contribution in [2.75, 3.05) is 26.3 Å². The topological polar surface area (TPSA) is 67.9 Å². The molecule has 0 aromatic rings. The summed E-state index contributed by atoms with van der Waals surface area (Å²) in [4.78, 5) is 24.9. The standard InChI is InChI=1S/C12H20N2O4.ClH/c1-3-17-11(15)9-5-8-6-14(7-10(8)13-9)12(16)18-4-2;/h8-10,13H,3-7H2,1-2H3;1H. The van der Waals surface area contributed by atoms with Gasteiger partial charge in [0.2, 0.25) is 0 Å². The minimum Gasteiger partial charge on any atom is -0.465 e. The Balaban J connectivity index is 0.00000180. The summed E-state index contributed by atoms with van der Waals surface area (Å²) in [5.41, 5.74) is 0. The zero-order chi connectivity index (χ0) is 13.1. The van der Waals surface area contributed by atoms with Crippen molar-refractivity contribution in [1.82, 2.24) is 10.2 Å². The summed E-state index contributed by atoms with van der Waals surface area (Å²) < 4.78 is 9.97. The molecule has 2 rings (SSSR count). The Hall–Kier alpha value is -1.01. The second-order valence-electron chi connectivity index (χ2n) is 4.68. The van der Waals surface area contributed by atoms with E-state index in [1.807, 2.05) is 0 Å². The molecule has 1 amide bonds. The summed E-state index contributed by atoms with van der Waals surface area (Å²) in [6.45, 7) is 5.66. The van der Waals surface area contributed by atoms with Crippen molar-refractivity contribution in [1.29, 1.82) is 0 Å². The Morgan fingerprint density at radius 1 is 1.21 bits per heavy atom. The largest absolute Gasteiger partial charge is 0.465 e. The van der Waals surface area contributed by atoms with E-state index < -0.39 is 0 Å². The zero-order valence-corrected chi connectivity index (χ0v) is 12.1. The van der Waals surface area contributed by atoms with Crippen molar-refractivity contribution in [2.45, 2.75) is 32.4 Å². The first-order chi connectivity index (χ1) is 8.65. The molecule has 19 heavy (non-hydrogen) atoms. The van der Waals surface area contributed by atoms with Crippen LogP contribution in [0.5, 0.6) is 0 Å². The van der Waals surface area contributed by atoms with E-state index in [-0.39, 0.29) is 36.6 Å². The Kier molecular flexibility index (Phi) is 5.87. The van der Waals surface area contributed by atoms with Crippen LogP contribution in [0.1, 0.15) is 20.3 Å². The number of nitrogens with one attached hydrogen (secondary N) is 1. The van der Waals surface area contributed by atoms with Gasteiger partial charge in [-0.05, 0) is 26.2 Å². The summed E-state index contributed by atoms with van der Waals surface area (Å²) in [7, 11) is 0. The van der Waals surface area contributed by atoms with Gasteiger partial charge in [0.25, 0.3) is 0 Å². The van der Waals surface area contributed by atoms with Crippen molar-refractivity contribution < 1.29 is 19.1 Å². The molecule has 0 bridgehead atoms. The van der Waals surface area contributed by atoms with Crippen molar-refractivity contribution in [3.05, 3.63) is 0 Å². The number of hydrogen-bond donors (Lipinski definition) is 1. The smallest absolute Gasteiger partial charge is 0.409 e. The molecule has 0 aliphatic carbocycles. The van der Waals surface area contributed by atoms with Crippen LogP contribution in [0, 0.1) is 5.92 Å². The number of likely N-dealkylation sites (tertiary alicyclic amines) is 1. The lowest BCUT2D eigenvalue weighted by atomic mass is 10.0. The fraction of sp³-hybridized carbons (Fsp3) is 0.833. The number of amides is 1. The fourth-order valence-corrected chi connectivity index (χ4v) is 2.70. The van der Waals surface area contributed by atoms with Crippen LogP contribution in [0.3, 0.4) is 0 Å². The van der Waals surface area contributed by atoms with Crippen LogP contribution in [0.25, 0.3) is 0 Å². The maximum absolute atomic E-state index is 11.6. The van der Waals surface area contributed by atoms with Crippen LogP contribution in [-0.2, 0) is 14.3 Å². The van der Waals surface area contributed by atoms with Gasteiger partial charge >= 0.3 is 12.1 Å². The van der Waals surface area contributed by atoms with E-state index in [2.05, 4.69) is 5.32 Å². The number of nitrogens with zero attached hydrogens (tertiary/aromatic N) is 1. The number of ether oxygens (including phenoxy) is 2. The molecule has 0 aromatic heterocycles. The number of fused-ring (bicyclic) bond motifs is 1. The molecule has 2 heterocycles. The number of rotatable bonds is 3. The SMILES string of the molecule is CCOC(=O)C1CC2CN(C(=O)OCC)CC2N1.Cl. The van der Waals surface area contributed by atoms with Crippen LogP contribution in [0.15, 0.2) is 0 Å². The number of carbonyl (C=O) groups excluding carboxylic acids is 2. The van der Waals surface area contributed by atoms with Crippen LogP contribution in [-0.4, -0.2) is 55.3 Å². The number of carbonyl (C=O) groups is 2. The lowest BCUT2D eigenvalue weighted by molar-refractivity contribution is -0.145. The number of esters is 1. The highest BCUT2D eigenvalue weighted by Gasteiger charge is 2.45. The molecule has 1 N–H and O–H groups in total. The number of hydrogen-bond acceptors (Lipinski definition) is 5. The predicted molar refractivity (Wildman–Crippen MR) is 71.3 cm³/mol. The Labute approximate surface area is 119 Å². The van der Waals surface area contributed by atoms with E-state index in [0.717, 1.165) is 6.42 Å². The summed E-state index contributed by atoms with van der Waals surface area (Å²) >= 11 is 0. The van der Waals surface area contributed by atoms with Gasteiger partial charge in [-0.1, -0.05) is 0 Å². The second kappa shape index (κ2) is 6.96. The van der Waals surface area contributed by atoms with Gasteiger partial charge in [0.15, 0.2) is 0 Å². The highest BCUT2D eigenvalue weighted by Crippen LogP contribution is 2.28. The zero-order valence-electron chi connectivity index (χ0n) is 11.3. The fourth-order valence-electron chi connectivity index (χ4n) is 2.70. The molecular formula is C12H21ClN2O4. The first-order valence-electron chi connectivity index (χ1n) is 6.50. The number of halogens is 1. The molecule has 0 aromatic carbocycles. The van der Waals surface area contributed by atoms with Gasteiger partial charge < -0.3 is 14.4 Å². The van der Waals surface area contributed by atoms with Gasteiger partial charge in [-0.2, -0.15) is 0 Å². The summed E-state index contributed by atoms with van der Waals surface area (Å²) in [6, 6.07) is -0.0342. The van der Waals surface area contributed by atoms with Crippen molar-refractivity contribution in [3.8, 4) is 0 Å². The lowest BCUT2D eigenvalue weighted by Crippen LogP contribution is -2.41. The highest BCUT2D eigenvalue weighted by atomic mass is 35.5. The van der Waals surface area contributed by atoms with Crippen molar-refractivity contribution in [2.24, 2.45) is 5.92 Å². The Morgan fingerprint density at radius 3 is 2.47 bits per heavy atom. The summed E-state index contributed by atoms with van der Waals surface area (Å²) in [5, 5.41) is 3.24. The van der Waals surface area contributed by atoms with E-state index >= 15 is 0 Å². The van der Waals surface area contributed by atoms with Crippen LogP contribution < -0.4 is 5.32 Å². The average Bonchev–Trinajstić information content (AvgIpc) is 2.86. The molecule has 110 valence electrons. The summed E-state index contributed by atoms with van der Waals surface area (Å²) in [6.07, 6.45) is 0.473. The van der Waals surface area contributed by atoms with Gasteiger partial charge in [0, 0.05) is 19.1 Å². The van der Waals surface area contributed by atoms with Gasteiger partial charge in [-0.25, -0.2) is 4.79 Å². The summed E-state index contributed by atoms with van der Waals surface area (Å²) in [5.74, 6) is 0.137. The minimum absolute atomic E-state index is 0. The molecule has 3 unspecified atom stereocenters. The molecule has 6 nitrogen and oxygen atoms in total. The maximum Gasteiger partial charge on any atom is 0.409 e. The van der Waals surface area contributed by atoms with E-state index in [1.54, 1.807) is 18.7 Å². The first kappa shape index (κ1) is 16.0. The third-order valence-electron chi connectivity index (χ3n) is 3.49.